The minimum atomic E-state index is -1.21. The number of urea groups is 1. The number of hydrogen-bond donors (Lipinski definition) is 2. The summed E-state index contributed by atoms with van der Waals surface area (Å²) in [4.78, 5) is 39.4. The minimum absolute atomic E-state index is 0.372. The fraction of sp³-hybridized carbons (Fsp3) is 0.263. The van der Waals surface area contributed by atoms with Crippen LogP contribution in [0, 0.1) is 11.3 Å². The predicted molar refractivity (Wildman–Crippen MR) is 101 cm³/mol. The number of imide groups is 1. The standard InChI is InChI=1S/C19H18N4O3S/c1-3-14-9-12(10-20)16(27-14)21-15(24)11-23-17(25)19(2,22-18(23)26)13-7-5-4-6-8-13/h4-9H,3,11H2,1-2H3,(H,21,24)(H,22,26). The number of anilines is 1. The normalized spacial score (nSPS) is 18.9. The largest absolute Gasteiger partial charge is 0.325 e. The molecule has 1 aromatic carbocycles. The van der Waals surface area contributed by atoms with Gasteiger partial charge in [-0.25, -0.2) is 4.79 Å². The Morgan fingerprint density at radius 1 is 1.33 bits per heavy atom. The molecule has 0 bridgehead atoms. The number of amides is 4. The van der Waals surface area contributed by atoms with E-state index in [4.69, 9.17) is 0 Å². The first kappa shape index (κ1) is 18.6. The van der Waals surface area contributed by atoms with Gasteiger partial charge in [0.15, 0.2) is 0 Å². The van der Waals surface area contributed by atoms with Crippen molar-refractivity contribution < 1.29 is 14.4 Å². The molecular formula is C19H18N4O3S. The lowest BCUT2D eigenvalue weighted by Gasteiger charge is -2.22. The van der Waals surface area contributed by atoms with Crippen molar-refractivity contribution in [2.75, 3.05) is 11.9 Å². The van der Waals surface area contributed by atoms with E-state index >= 15 is 0 Å². The fourth-order valence-electron chi connectivity index (χ4n) is 2.91. The summed E-state index contributed by atoms with van der Waals surface area (Å²) in [5.41, 5.74) is -0.199. The first-order valence-electron chi connectivity index (χ1n) is 8.41. The monoisotopic (exact) mass is 382 g/mol. The number of nitrogens with one attached hydrogen (secondary N) is 2. The molecule has 1 saturated heterocycles. The summed E-state index contributed by atoms with van der Waals surface area (Å²) in [6, 6.07) is 12.0. The van der Waals surface area contributed by atoms with E-state index < -0.39 is 29.9 Å². The van der Waals surface area contributed by atoms with Crippen molar-refractivity contribution in [3.8, 4) is 6.07 Å². The van der Waals surface area contributed by atoms with Gasteiger partial charge in [-0.15, -0.1) is 11.3 Å². The van der Waals surface area contributed by atoms with Crippen LogP contribution in [-0.4, -0.2) is 29.3 Å². The van der Waals surface area contributed by atoms with Crippen molar-refractivity contribution in [2.24, 2.45) is 0 Å². The van der Waals surface area contributed by atoms with Crippen LogP contribution in [0.2, 0.25) is 0 Å². The van der Waals surface area contributed by atoms with Crippen LogP contribution in [0.4, 0.5) is 9.80 Å². The molecule has 0 aliphatic carbocycles. The Kier molecular flexibility index (Phi) is 4.97. The maximum Gasteiger partial charge on any atom is 0.325 e. The number of hydrogen-bond acceptors (Lipinski definition) is 5. The van der Waals surface area contributed by atoms with Gasteiger partial charge in [-0.05, 0) is 25.0 Å². The Morgan fingerprint density at radius 2 is 2.04 bits per heavy atom. The predicted octanol–water partition coefficient (Wildman–Crippen LogP) is 2.59. The number of carbonyl (C=O) groups excluding carboxylic acids is 3. The molecule has 1 aromatic heterocycles. The van der Waals surface area contributed by atoms with Crippen LogP contribution < -0.4 is 10.6 Å². The van der Waals surface area contributed by atoms with Crippen molar-refractivity contribution in [2.45, 2.75) is 25.8 Å². The molecule has 0 spiro atoms. The molecule has 1 aliphatic heterocycles. The molecular weight excluding hydrogens is 364 g/mol. The number of nitrogens with zero attached hydrogens (tertiary/aromatic N) is 2. The molecule has 7 nitrogen and oxygen atoms in total. The van der Waals surface area contributed by atoms with E-state index in [0.29, 0.717) is 16.1 Å². The Balaban J connectivity index is 1.75. The molecule has 8 heteroatoms. The van der Waals surface area contributed by atoms with Gasteiger partial charge in [-0.1, -0.05) is 37.3 Å². The third kappa shape index (κ3) is 3.41. The van der Waals surface area contributed by atoms with Gasteiger partial charge >= 0.3 is 6.03 Å². The highest BCUT2D eigenvalue weighted by atomic mass is 32.1. The van der Waals surface area contributed by atoms with Crippen LogP contribution in [0.25, 0.3) is 0 Å². The molecule has 3 rings (SSSR count). The lowest BCUT2D eigenvalue weighted by atomic mass is 9.92. The van der Waals surface area contributed by atoms with Gasteiger partial charge in [0.05, 0.1) is 5.56 Å². The van der Waals surface area contributed by atoms with Crippen molar-refractivity contribution in [3.05, 3.63) is 52.4 Å². The van der Waals surface area contributed by atoms with Gasteiger partial charge in [0.25, 0.3) is 5.91 Å². The zero-order valence-electron chi connectivity index (χ0n) is 14.9. The van der Waals surface area contributed by atoms with Crippen molar-refractivity contribution in [1.82, 2.24) is 10.2 Å². The Bertz CT molecular complexity index is 948. The van der Waals surface area contributed by atoms with Crippen LogP contribution in [0.5, 0.6) is 0 Å². The quantitative estimate of drug-likeness (QED) is 0.776. The van der Waals surface area contributed by atoms with Gasteiger partial charge in [0, 0.05) is 4.88 Å². The van der Waals surface area contributed by atoms with E-state index in [0.717, 1.165) is 16.2 Å². The maximum atomic E-state index is 12.8. The molecule has 27 heavy (non-hydrogen) atoms. The molecule has 2 aromatic rings. The van der Waals surface area contributed by atoms with Crippen LogP contribution in [0.1, 0.15) is 29.9 Å². The summed E-state index contributed by atoms with van der Waals surface area (Å²) in [5, 5.41) is 14.9. The number of rotatable bonds is 5. The Morgan fingerprint density at radius 3 is 2.67 bits per heavy atom. The van der Waals surface area contributed by atoms with Crippen molar-refractivity contribution in [1.29, 1.82) is 5.26 Å². The Hall–Kier alpha value is -3.18. The van der Waals surface area contributed by atoms with E-state index in [1.165, 1.54) is 11.3 Å². The summed E-state index contributed by atoms with van der Waals surface area (Å²) in [7, 11) is 0. The Labute approximate surface area is 160 Å². The summed E-state index contributed by atoms with van der Waals surface area (Å²) in [6.07, 6.45) is 0.748. The third-order valence-corrected chi connectivity index (χ3v) is 5.63. The van der Waals surface area contributed by atoms with Gasteiger partial charge in [0.1, 0.15) is 23.2 Å². The van der Waals surface area contributed by atoms with E-state index in [2.05, 4.69) is 10.6 Å². The van der Waals surface area contributed by atoms with Crippen LogP contribution in [-0.2, 0) is 21.5 Å². The highest BCUT2D eigenvalue weighted by molar-refractivity contribution is 7.16. The third-order valence-electron chi connectivity index (χ3n) is 4.43. The van der Waals surface area contributed by atoms with Crippen molar-refractivity contribution in [3.63, 3.8) is 0 Å². The zero-order valence-corrected chi connectivity index (χ0v) is 15.7. The molecule has 138 valence electrons. The first-order chi connectivity index (χ1) is 12.9. The molecule has 0 radical (unpaired) electrons. The van der Waals surface area contributed by atoms with Gasteiger partial charge in [0.2, 0.25) is 5.91 Å². The number of thiophene rings is 1. The zero-order chi connectivity index (χ0) is 19.6. The van der Waals surface area contributed by atoms with Crippen LogP contribution in [0.3, 0.4) is 0 Å². The first-order valence-corrected chi connectivity index (χ1v) is 9.23. The van der Waals surface area contributed by atoms with Gasteiger partial charge in [-0.2, -0.15) is 5.26 Å². The molecule has 1 atom stereocenters. The van der Waals surface area contributed by atoms with Gasteiger partial charge in [-0.3, -0.25) is 14.5 Å². The smallest absolute Gasteiger partial charge is 0.319 e. The number of nitriles is 1. The van der Waals surface area contributed by atoms with E-state index in [-0.39, 0.29) is 0 Å². The minimum Gasteiger partial charge on any atom is -0.319 e. The van der Waals surface area contributed by atoms with E-state index in [1.54, 1.807) is 37.3 Å². The molecule has 0 saturated carbocycles. The average Bonchev–Trinajstić information content (AvgIpc) is 3.16. The second-order valence-electron chi connectivity index (χ2n) is 6.28. The SMILES string of the molecule is CCc1cc(C#N)c(NC(=O)CN2C(=O)NC(C)(c3ccccc3)C2=O)s1. The number of benzene rings is 1. The molecule has 1 aliphatic rings. The highest BCUT2D eigenvalue weighted by Gasteiger charge is 2.49. The fourth-order valence-corrected chi connectivity index (χ4v) is 3.87. The van der Waals surface area contributed by atoms with Gasteiger partial charge < -0.3 is 10.6 Å². The average molecular weight is 382 g/mol. The highest BCUT2D eigenvalue weighted by Crippen LogP contribution is 2.30. The molecule has 1 unspecified atom stereocenters. The molecule has 2 heterocycles. The van der Waals surface area contributed by atoms with Crippen LogP contribution in [0.15, 0.2) is 36.4 Å². The molecule has 1 fully saturated rings. The summed E-state index contributed by atoms with van der Waals surface area (Å²) in [5.74, 6) is -1.02. The second kappa shape index (κ2) is 7.21. The van der Waals surface area contributed by atoms with Crippen molar-refractivity contribution >= 4 is 34.2 Å². The van der Waals surface area contributed by atoms with E-state index in [1.807, 2.05) is 19.1 Å². The summed E-state index contributed by atoms with van der Waals surface area (Å²) >= 11 is 1.31. The summed E-state index contributed by atoms with van der Waals surface area (Å²) < 4.78 is 0. The maximum absolute atomic E-state index is 12.8. The lowest BCUT2D eigenvalue weighted by molar-refractivity contribution is -0.133. The molecule has 2 N–H and O–H groups in total. The topological polar surface area (TPSA) is 102 Å². The summed E-state index contributed by atoms with van der Waals surface area (Å²) in [6.45, 7) is 3.15. The van der Waals surface area contributed by atoms with Crippen LogP contribution >= 0.6 is 11.3 Å². The molecule has 4 amide bonds. The lowest BCUT2D eigenvalue weighted by Crippen LogP contribution is -2.42. The van der Waals surface area contributed by atoms with E-state index in [9.17, 15) is 19.6 Å². The second-order valence-corrected chi connectivity index (χ2v) is 7.42. The number of carbonyl (C=O) groups is 3. The number of aryl methyl sites for hydroxylation is 1.